The van der Waals surface area contributed by atoms with E-state index in [1.54, 1.807) is 30.6 Å². The lowest BCUT2D eigenvalue weighted by Gasteiger charge is -2.09. The molecule has 2 aromatic heterocycles. The van der Waals surface area contributed by atoms with Crippen LogP contribution in [0.25, 0.3) is 33.9 Å². The normalized spacial score (nSPS) is 11.6. The summed E-state index contributed by atoms with van der Waals surface area (Å²) in [6.45, 7) is 0. The molecular formula is C21H13BrF3N3. The molecule has 0 atom stereocenters. The summed E-state index contributed by atoms with van der Waals surface area (Å²) in [5.41, 5.74) is 2.38. The van der Waals surface area contributed by atoms with Crippen LogP contribution >= 0.6 is 15.9 Å². The van der Waals surface area contributed by atoms with Crippen LogP contribution in [0.5, 0.6) is 0 Å². The zero-order valence-electron chi connectivity index (χ0n) is 14.3. The number of aromatic nitrogens is 3. The van der Waals surface area contributed by atoms with Gasteiger partial charge in [-0.25, -0.2) is 4.98 Å². The van der Waals surface area contributed by atoms with Gasteiger partial charge < -0.3 is 4.98 Å². The molecule has 4 rings (SSSR count). The van der Waals surface area contributed by atoms with Crippen LogP contribution in [-0.2, 0) is 6.18 Å². The van der Waals surface area contributed by atoms with Gasteiger partial charge in [-0.05, 0) is 36.4 Å². The number of imidazole rings is 1. The molecule has 7 heteroatoms. The minimum absolute atomic E-state index is 0.412. The molecule has 0 fully saturated rings. The number of hydrogen-bond donors (Lipinski definition) is 1. The maximum atomic E-state index is 13.2. The monoisotopic (exact) mass is 443 g/mol. The Morgan fingerprint density at radius 2 is 1.54 bits per heavy atom. The Kier molecular flexibility index (Phi) is 4.77. The van der Waals surface area contributed by atoms with Crippen molar-refractivity contribution in [3.8, 4) is 33.9 Å². The number of hydrogen-bond acceptors (Lipinski definition) is 2. The first-order chi connectivity index (χ1) is 13.4. The zero-order chi connectivity index (χ0) is 19.7. The molecule has 0 unspecified atom stereocenters. The van der Waals surface area contributed by atoms with Gasteiger partial charge in [0.1, 0.15) is 5.82 Å². The molecule has 0 bridgehead atoms. The summed E-state index contributed by atoms with van der Waals surface area (Å²) in [4.78, 5) is 11.9. The van der Waals surface area contributed by atoms with Crippen molar-refractivity contribution in [2.75, 3.05) is 0 Å². The van der Waals surface area contributed by atoms with Crippen LogP contribution in [0.2, 0.25) is 0 Å². The van der Waals surface area contributed by atoms with E-state index in [9.17, 15) is 13.2 Å². The smallest absolute Gasteiger partial charge is 0.337 e. The van der Waals surface area contributed by atoms with Gasteiger partial charge in [-0.1, -0.05) is 40.2 Å². The molecule has 0 aliphatic carbocycles. The quantitative estimate of drug-likeness (QED) is 0.388. The number of pyridine rings is 1. The number of halogens is 4. The summed E-state index contributed by atoms with van der Waals surface area (Å²) < 4.78 is 40.4. The van der Waals surface area contributed by atoms with Crippen LogP contribution in [0.4, 0.5) is 13.2 Å². The average molecular weight is 444 g/mol. The number of aromatic amines is 1. The van der Waals surface area contributed by atoms with E-state index < -0.39 is 11.7 Å². The summed E-state index contributed by atoms with van der Waals surface area (Å²) in [5, 5.41) is 0. The van der Waals surface area contributed by atoms with Crippen LogP contribution < -0.4 is 0 Å². The number of alkyl halides is 3. The summed E-state index contributed by atoms with van der Waals surface area (Å²) in [5.74, 6) is 0.570. The molecule has 2 aromatic carbocycles. The Hall–Kier alpha value is -2.93. The van der Waals surface area contributed by atoms with E-state index in [2.05, 4.69) is 30.9 Å². The van der Waals surface area contributed by atoms with E-state index in [0.717, 1.165) is 27.7 Å². The maximum absolute atomic E-state index is 13.2. The summed E-state index contributed by atoms with van der Waals surface area (Å²) in [7, 11) is 0. The van der Waals surface area contributed by atoms with Crippen molar-refractivity contribution in [3.05, 3.63) is 83.1 Å². The number of nitrogens with one attached hydrogen (secondary N) is 1. The van der Waals surface area contributed by atoms with E-state index in [1.165, 1.54) is 6.07 Å². The van der Waals surface area contributed by atoms with E-state index >= 15 is 0 Å². The molecule has 0 spiro atoms. The van der Waals surface area contributed by atoms with Crippen molar-refractivity contribution >= 4 is 15.9 Å². The van der Waals surface area contributed by atoms with Gasteiger partial charge in [0.25, 0.3) is 0 Å². The van der Waals surface area contributed by atoms with E-state index in [-0.39, 0.29) is 0 Å². The number of nitrogens with zero attached hydrogens (tertiary/aromatic N) is 2. The molecule has 28 heavy (non-hydrogen) atoms. The molecular weight excluding hydrogens is 431 g/mol. The second-order valence-electron chi connectivity index (χ2n) is 6.13. The zero-order valence-corrected chi connectivity index (χ0v) is 15.9. The van der Waals surface area contributed by atoms with Gasteiger partial charge in [0.05, 0.1) is 17.0 Å². The number of benzene rings is 2. The second kappa shape index (κ2) is 7.24. The second-order valence-corrected chi connectivity index (χ2v) is 7.05. The molecule has 0 saturated heterocycles. The first kappa shape index (κ1) is 18.4. The molecule has 0 saturated carbocycles. The standard InChI is InChI=1S/C21H13BrF3N3/c22-17-6-2-4-15(12-17)20-27-18(13-7-9-26-10-8-13)19(28-20)14-3-1-5-16(11-14)21(23,24)25/h1-12H,(H,27,28). The third-order valence-electron chi connectivity index (χ3n) is 4.23. The number of H-pyrrole nitrogens is 1. The lowest BCUT2D eigenvalue weighted by atomic mass is 10.0. The largest absolute Gasteiger partial charge is 0.416 e. The van der Waals surface area contributed by atoms with Crippen molar-refractivity contribution in [1.29, 1.82) is 0 Å². The molecule has 140 valence electrons. The first-order valence-corrected chi connectivity index (χ1v) is 9.15. The topological polar surface area (TPSA) is 41.6 Å². The Bertz CT molecular complexity index is 1120. The Morgan fingerprint density at radius 1 is 0.821 bits per heavy atom. The van der Waals surface area contributed by atoms with Crippen molar-refractivity contribution in [2.24, 2.45) is 0 Å². The molecule has 0 radical (unpaired) electrons. The fourth-order valence-corrected chi connectivity index (χ4v) is 3.32. The van der Waals surface area contributed by atoms with Crippen molar-refractivity contribution in [3.63, 3.8) is 0 Å². The Balaban J connectivity index is 1.91. The summed E-state index contributed by atoms with van der Waals surface area (Å²) >= 11 is 3.43. The summed E-state index contributed by atoms with van der Waals surface area (Å²) in [6.07, 6.45) is -1.17. The highest BCUT2D eigenvalue weighted by Gasteiger charge is 2.31. The predicted octanol–water partition coefficient (Wildman–Crippen LogP) is 6.59. The lowest BCUT2D eigenvalue weighted by molar-refractivity contribution is -0.137. The van der Waals surface area contributed by atoms with E-state index in [1.807, 2.05) is 24.3 Å². The van der Waals surface area contributed by atoms with Crippen molar-refractivity contribution in [2.45, 2.75) is 6.18 Å². The molecule has 2 heterocycles. The summed E-state index contributed by atoms with van der Waals surface area (Å²) in [6, 6.07) is 16.3. The first-order valence-electron chi connectivity index (χ1n) is 8.36. The minimum atomic E-state index is -4.42. The Labute approximate surface area is 167 Å². The lowest BCUT2D eigenvalue weighted by Crippen LogP contribution is -2.04. The average Bonchev–Trinajstić information content (AvgIpc) is 3.14. The highest BCUT2D eigenvalue weighted by Crippen LogP contribution is 2.36. The van der Waals surface area contributed by atoms with E-state index in [0.29, 0.717) is 22.8 Å². The van der Waals surface area contributed by atoms with Crippen molar-refractivity contribution in [1.82, 2.24) is 15.0 Å². The highest BCUT2D eigenvalue weighted by molar-refractivity contribution is 9.10. The van der Waals surface area contributed by atoms with Gasteiger partial charge in [-0.3, -0.25) is 4.98 Å². The number of rotatable bonds is 3. The molecule has 4 aromatic rings. The van der Waals surface area contributed by atoms with Gasteiger partial charge in [-0.2, -0.15) is 13.2 Å². The fourth-order valence-electron chi connectivity index (χ4n) is 2.92. The molecule has 0 aliphatic heterocycles. The van der Waals surface area contributed by atoms with Gasteiger partial charge in [0.2, 0.25) is 0 Å². The maximum Gasteiger partial charge on any atom is 0.416 e. The van der Waals surface area contributed by atoms with Crippen molar-refractivity contribution < 1.29 is 13.2 Å². The third kappa shape index (κ3) is 3.71. The van der Waals surface area contributed by atoms with Crippen LogP contribution in [0.1, 0.15) is 5.56 Å². The minimum Gasteiger partial charge on any atom is -0.337 e. The fraction of sp³-hybridized carbons (Fsp3) is 0.0476. The highest BCUT2D eigenvalue weighted by atomic mass is 79.9. The van der Waals surface area contributed by atoms with Crippen LogP contribution in [0.15, 0.2) is 77.5 Å². The molecule has 0 amide bonds. The van der Waals surface area contributed by atoms with Crippen LogP contribution in [0.3, 0.4) is 0 Å². The van der Waals surface area contributed by atoms with Gasteiger partial charge in [-0.15, -0.1) is 0 Å². The third-order valence-corrected chi connectivity index (χ3v) is 4.73. The molecule has 1 N–H and O–H groups in total. The van der Waals surface area contributed by atoms with E-state index in [4.69, 9.17) is 0 Å². The SMILES string of the molecule is FC(F)(F)c1cccc(-c2[nH]c(-c3cccc(Br)c3)nc2-c2ccncc2)c1. The van der Waals surface area contributed by atoms with Gasteiger partial charge in [0, 0.05) is 33.6 Å². The van der Waals surface area contributed by atoms with Gasteiger partial charge >= 0.3 is 6.18 Å². The molecule has 3 nitrogen and oxygen atoms in total. The molecule has 0 aliphatic rings. The van der Waals surface area contributed by atoms with Crippen LogP contribution in [-0.4, -0.2) is 15.0 Å². The Morgan fingerprint density at radius 3 is 2.25 bits per heavy atom. The predicted molar refractivity (Wildman–Crippen MR) is 105 cm³/mol. The van der Waals surface area contributed by atoms with Gasteiger partial charge in [0.15, 0.2) is 0 Å². The van der Waals surface area contributed by atoms with Crippen LogP contribution in [0, 0.1) is 0 Å².